The second-order valence-electron chi connectivity index (χ2n) is 26.3. The summed E-state index contributed by atoms with van der Waals surface area (Å²) in [5, 5.41) is 0. The molecule has 0 saturated heterocycles. The zero-order valence-electron chi connectivity index (χ0n) is 47.8. The number of nitrogens with two attached hydrogens (primary N) is 1. The fraction of sp³-hybridized carbons (Fsp3) is 0.562. The summed E-state index contributed by atoms with van der Waals surface area (Å²) < 4.78 is 54.7. The Morgan fingerprint density at radius 2 is 0.682 bits per heavy atom. The van der Waals surface area contributed by atoms with Gasteiger partial charge in [-0.25, -0.2) is 23.7 Å². The van der Waals surface area contributed by atoms with Gasteiger partial charge in [0, 0.05) is 4.57 Å². The Morgan fingerprint density at radius 1 is 0.447 bits per heavy atom. The summed E-state index contributed by atoms with van der Waals surface area (Å²) in [7, 11) is -10.6. The van der Waals surface area contributed by atoms with E-state index in [0.29, 0.717) is 28.4 Å². The zero-order chi connectivity index (χ0) is 60.6. The van der Waals surface area contributed by atoms with Crippen LogP contribution in [0.15, 0.2) is 121 Å². The molecule has 0 atom stereocenters. The molecule has 0 aromatic heterocycles. The summed E-state index contributed by atoms with van der Waals surface area (Å²) >= 11 is 19.3. The topological polar surface area (TPSA) is 223 Å². The van der Waals surface area contributed by atoms with Gasteiger partial charge in [0.25, 0.3) is 3.25 Å². The zero-order valence-corrected chi connectivity index (χ0v) is 53.5. The van der Waals surface area contributed by atoms with Crippen molar-refractivity contribution in [3.05, 3.63) is 144 Å². The lowest BCUT2D eigenvalue weighted by molar-refractivity contribution is -0.0547. The molecule has 4 aromatic rings. The minimum atomic E-state index is -3.98. The van der Waals surface area contributed by atoms with E-state index >= 15 is 0 Å². The van der Waals surface area contributed by atoms with Gasteiger partial charge in [-0.05, 0) is 253 Å². The lowest BCUT2D eigenvalue weighted by Gasteiger charge is -2.57. The summed E-state index contributed by atoms with van der Waals surface area (Å²) in [5.41, 5.74) is 8.04. The number of halogens is 4. The third kappa shape index (κ3) is 19.2. The van der Waals surface area contributed by atoms with Crippen LogP contribution in [0.25, 0.3) is 0 Å². The third-order valence-corrected chi connectivity index (χ3v) is 22.7. The van der Waals surface area contributed by atoms with E-state index in [-0.39, 0.29) is 28.9 Å². The predicted molar refractivity (Wildman–Crippen MR) is 331 cm³/mol. The molecule has 21 heteroatoms. The summed E-state index contributed by atoms with van der Waals surface area (Å²) in [6.45, 7) is 0.969. The molecule has 16 rings (SSSR count). The van der Waals surface area contributed by atoms with E-state index in [9.17, 15) is 32.9 Å². The molecule has 12 bridgehead atoms. The highest BCUT2D eigenvalue weighted by Gasteiger charge is 2.54. The lowest BCUT2D eigenvalue weighted by atomic mass is 9.49. The molecule has 12 fully saturated rings. The molecule has 4 N–H and O–H groups in total. The largest absolute Gasteiger partial charge is 0.812 e. The maximum Gasteiger partial charge on any atom is 0.812 e. The number of alkyl halides is 4. The minimum absolute atomic E-state index is 0.0797. The van der Waals surface area contributed by atoms with Crippen molar-refractivity contribution in [2.24, 2.45) is 75.2 Å². The van der Waals surface area contributed by atoms with Gasteiger partial charge in [0.2, 0.25) is 0 Å². The van der Waals surface area contributed by atoms with E-state index in [2.05, 4.69) is 9.05 Å². The lowest BCUT2D eigenvalue weighted by Crippen LogP contribution is -2.49. The fourth-order valence-electron chi connectivity index (χ4n) is 17.5. The monoisotopic (exact) mass is 1300 g/mol. The standard InChI is InChI=1S/C26H29O5P.C14H10O5P.C12H21O3P.C11H19N.CCl4/c27-24(22-7-3-1-4-8-22)30-32(29,31-25(28)23-9-5-2-6-10-23)12-11-26-16-19-13-20(17-26)15-21(14-19)18-26;15-13(11-7-3-1-4-8-11)18-20(17)19-14(16)12-9-5-2-6-10-12;13-16(14,15)2-1-12-6-9-3-10(7-12)5-11(4-9)8-12;12-7-11-4-8-1-9(5-11)3-10(2-8)6-11;2-1(3,4)5/h1-10,19-21H,11-18H2;1-10H;9-11H,1-8H2,(H2,13,14,15);8-10H,1-7,12H2;/q;+1;;;. The molecule has 14 nitrogen and oxygen atoms in total. The van der Waals surface area contributed by atoms with Gasteiger partial charge >= 0.3 is 47.3 Å². The van der Waals surface area contributed by atoms with Gasteiger partial charge in [-0.3, -0.25) is 4.57 Å². The second kappa shape index (κ2) is 28.5. The molecular weight excluding hydrogens is 1230 g/mol. The first-order valence-corrected chi connectivity index (χ1v) is 36.1. The van der Waals surface area contributed by atoms with Gasteiger partial charge in [0.15, 0.2) is 0 Å². The Kier molecular flexibility index (Phi) is 22.0. The summed E-state index contributed by atoms with van der Waals surface area (Å²) in [6, 6.07) is 32.9. The van der Waals surface area contributed by atoms with Crippen molar-refractivity contribution >= 4 is 93.7 Å². The van der Waals surface area contributed by atoms with E-state index in [4.69, 9.17) is 71.0 Å². The van der Waals surface area contributed by atoms with Crippen LogP contribution in [0, 0.1) is 69.5 Å². The molecule has 0 amide bonds. The van der Waals surface area contributed by atoms with Crippen LogP contribution in [0.1, 0.15) is 170 Å². The van der Waals surface area contributed by atoms with Crippen LogP contribution >= 0.6 is 69.9 Å². The fourth-order valence-corrected chi connectivity index (χ4v) is 20.5. The van der Waals surface area contributed by atoms with Crippen LogP contribution in [0.5, 0.6) is 0 Å². The van der Waals surface area contributed by atoms with E-state index in [1.54, 1.807) is 97.1 Å². The van der Waals surface area contributed by atoms with Gasteiger partial charge in [-0.2, -0.15) is 9.05 Å². The van der Waals surface area contributed by atoms with Gasteiger partial charge in [0.1, 0.15) is 0 Å². The number of benzene rings is 4. The van der Waals surface area contributed by atoms with E-state index in [0.717, 1.165) is 85.5 Å². The predicted octanol–water partition coefficient (Wildman–Crippen LogP) is 17.3. The average Bonchev–Trinajstić information content (AvgIpc) is 1.27. The molecule has 460 valence electrons. The van der Waals surface area contributed by atoms with E-state index in [1.165, 1.54) is 121 Å². The second-order valence-corrected chi connectivity index (χ2v) is 34.4. The molecule has 85 heavy (non-hydrogen) atoms. The van der Waals surface area contributed by atoms with Crippen LogP contribution in [0.2, 0.25) is 0 Å². The molecule has 12 saturated carbocycles. The highest BCUT2D eigenvalue weighted by atomic mass is 35.6. The van der Waals surface area contributed by atoms with E-state index < -0.39 is 50.6 Å². The molecule has 12 aliphatic carbocycles. The first-order chi connectivity index (χ1) is 40.3. The smallest absolute Gasteiger partial charge is 0.379 e. The van der Waals surface area contributed by atoms with Crippen LogP contribution in [-0.2, 0) is 31.8 Å². The third-order valence-electron chi connectivity index (χ3n) is 19.6. The van der Waals surface area contributed by atoms with Gasteiger partial charge in [-0.15, -0.1) is 0 Å². The maximum absolute atomic E-state index is 13.8. The number of carbonyl (C=O) groups is 4. The first kappa shape index (κ1) is 65.8. The molecule has 12 aliphatic rings. The molecule has 0 heterocycles. The van der Waals surface area contributed by atoms with Crippen molar-refractivity contribution in [2.45, 2.75) is 132 Å². The molecule has 0 radical (unpaired) electrons. The van der Waals surface area contributed by atoms with Gasteiger partial charge in [0.05, 0.1) is 34.6 Å². The van der Waals surface area contributed by atoms with Crippen LogP contribution in [0.4, 0.5) is 0 Å². The van der Waals surface area contributed by atoms with Gasteiger partial charge < -0.3 is 24.6 Å². The Morgan fingerprint density at radius 3 is 0.929 bits per heavy atom. The van der Waals surface area contributed by atoms with Crippen molar-refractivity contribution in [2.75, 3.05) is 18.9 Å². The summed E-state index contributed by atoms with van der Waals surface area (Å²) in [5.74, 6) is 5.06. The minimum Gasteiger partial charge on any atom is -0.379 e. The van der Waals surface area contributed by atoms with Crippen molar-refractivity contribution in [3.63, 3.8) is 0 Å². The quantitative estimate of drug-likeness (QED) is 0.0744. The van der Waals surface area contributed by atoms with Crippen molar-refractivity contribution < 1.29 is 60.8 Å². The Labute approximate surface area is 520 Å². The summed E-state index contributed by atoms with van der Waals surface area (Å²) in [6.07, 6.45) is 26.0. The molecule has 0 spiro atoms. The van der Waals surface area contributed by atoms with Crippen molar-refractivity contribution in [1.29, 1.82) is 0 Å². The number of carbonyl (C=O) groups excluding carboxylic acids is 4. The molecule has 4 aromatic carbocycles. The van der Waals surface area contributed by atoms with Crippen LogP contribution in [0.3, 0.4) is 0 Å². The first-order valence-electron chi connectivity index (χ1n) is 30.0. The Bertz CT molecular complexity index is 2810. The maximum atomic E-state index is 13.8. The van der Waals surface area contributed by atoms with Crippen LogP contribution < -0.4 is 5.73 Å². The Hall–Kier alpha value is -3.64. The highest BCUT2D eigenvalue weighted by molar-refractivity contribution is 7.55. The molecular formula is C64H79Cl4NO13P3+. The number of rotatable bonds is 15. The normalized spacial score (nSPS) is 30.3. The Balaban J connectivity index is 0.000000140. The SMILES string of the molecule is ClC(Cl)(Cl)Cl.NCC12CC3CC(CC(C3)C1)C2.O=C(OP(=O)(CCC12CC3CC(CC(C3)C1)C2)OC(=O)c1ccccc1)c1ccccc1.O=C(O[P+](=O)OC(=O)c1ccccc1)c1ccccc1.O=P(O)(O)CCC12CC3CC(CC(C3)C1)C2. The van der Waals surface area contributed by atoms with Crippen LogP contribution in [-0.4, -0.2) is 55.8 Å². The van der Waals surface area contributed by atoms with Gasteiger partial charge in [-0.1, -0.05) is 119 Å². The summed E-state index contributed by atoms with van der Waals surface area (Å²) in [4.78, 5) is 66.6. The van der Waals surface area contributed by atoms with Crippen molar-refractivity contribution in [1.82, 2.24) is 0 Å². The highest BCUT2D eigenvalue weighted by Crippen LogP contribution is 2.65. The molecule has 0 unspecified atom stereocenters. The number of hydrogen-bond donors (Lipinski definition) is 3. The average molecular weight is 1310 g/mol. The van der Waals surface area contributed by atoms with E-state index in [1.807, 2.05) is 0 Å². The number of hydrogen-bond acceptors (Lipinski definition) is 12. The molecule has 0 aliphatic heterocycles. The van der Waals surface area contributed by atoms with Crippen molar-refractivity contribution in [3.8, 4) is 0 Å².